The van der Waals surface area contributed by atoms with E-state index in [1.54, 1.807) is 12.1 Å². The Bertz CT molecular complexity index is 1160. The molecule has 0 radical (unpaired) electrons. The summed E-state index contributed by atoms with van der Waals surface area (Å²) in [4.78, 5) is 17.0. The quantitative estimate of drug-likeness (QED) is 0.346. The fourth-order valence-electron chi connectivity index (χ4n) is 3.66. The van der Waals surface area contributed by atoms with Crippen molar-refractivity contribution in [3.8, 4) is 5.75 Å². The molecule has 1 N–H and O–H groups in total. The van der Waals surface area contributed by atoms with Crippen LogP contribution >= 0.6 is 11.6 Å². The van der Waals surface area contributed by atoms with Gasteiger partial charge >= 0.3 is 0 Å². The Hall–Kier alpha value is -3.31. The number of hydrogen-bond donors (Lipinski definition) is 1. The highest BCUT2D eigenvalue weighted by Gasteiger charge is 2.11. The number of amides is 1. The molecule has 1 heterocycles. The molecule has 1 amide bonds. The average Bonchev–Trinajstić information content (AvgIpc) is 3.16. The van der Waals surface area contributed by atoms with Crippen molar-refractivity contribution < 1.29 is 9.53 Å². The number of fused-ring (bicyclic) bond motifs is 1. The summed E-state index contributed by atoms with van der Waals surface area (Å²) in [5, 5.41) is 3.67. The number of imidazole rings is 1. The molecule has 0 aliphatic heterocycles. The van der Waals surface area contributed by atoms with Crippen LogP contribution in [0.15, 0.2) is 78.9 Å². The van der Waals surface area contributed by atoms with Crippen LogP contribution in [-0.2, 0) is 24.2 Å². The third-order valence-corrected chi connectivity index (χ3v) is 5.49. The number of nitrogens with one attached hydrogen (secondary N) is 1. The molecule has 3 aromatic carbocycles. The average molecular weight is 448 g/mol. The minimum absolute atomic E-state index is 0.0112. The normalized spacial score (nSPS) is 10.9. The SMILES string of the molecule is O=C(Cc1ccc(Cl)cc1)NCCCc1nc2ccccc2n1CCOc1ccccc1. The molecule has 0 saturated carbocycles. The van der Waals surface area contributed by atoms with Gasteiger partial charge in [-0.2, -0.15) is 0 Å². The zero-order valence-corrected chi connectivity index (χ0v) is 18.6. The standard InChI is InChI=1S/C26H26ClN3O2/c27-21-14-12-20(13-15-21)19-26(31)28-16-6-11-25-29-23-9-4-5-10-24(23)30(25)17-18-32-22-7-2-1-3-8-22/h1-5,7-10,12-15H,6,11,16-19H2,(H,28,31). The summed E-state index contributed by atoms with van der Waals surface area (Å²) < 4.78 is 8.11. The molecule has 0 saturated heterocycles. The maximum absolute atomic E-state index is 12.2. The molecule has 0 bridgehead atoms. The monoisotopic (exact) mass is 447 g/mol. The molecule has 32 heavy (non-hydrogen) atoms. The van der Waals surface area contributed by atoms with Crippen LogP contribution in [-0.4, -0.2) is 28.6 Å². The van der Waals surface area contributed by atoms with E-state index >= 15 is 0 Å². The van der Waals surface area contributed by atoms with E-state index in [2.05, 4.69) is 16.0 Å². The summed E-state index contributed by atoms with van der Waals surface area (Å²) in [5.74, 6) is 1.88. The lowest BCUT2D eigenvalue weighted by molar-refractivity contribution is -0.120. The number of nitrogens with zero attached hydrogens (tertiary/aromatic N) is 2. The third kappa shape index (κ3) is 5.89. The number of aromatic nitrogens is 2. The van der Waals surface area contributed by atoms with Gasteiger partial charge in [-0.1, -0.05) is 54.1 Å². The van der Waals surface area contributed by atoms with Crippen LogP contribution in [0.3, 0.4) is 0 Å². The minimum Gasteiger partial charge on any atom is -0.492 e. The van der Waals surface area contributed by atoms with Gasteiger partial charge in [0.25, 0.3) is 0 Å². The molecule has 164 valence electrons. The van der Waals surface area contributed by atoms with Crippen molar-refractivity contribution in [3.63, 3.8) is 0 Å². The van der Waals surface area contributed by atoms with Gasteiger partial charge in [-0.3, -0.25) is 4.79 Å². The van der Waals surface area contributed by atoms with Gasteiger partial charge in [0.2, 0.25) is 5.91 Å². The summed E-state index contributed by atoms with van der Waals surface area (Å²) in [7, 11) is 0. The van der Waals surface area contributed by atoms with E-state index in [4.69, 9.17) is 21.3 Å². The van der Waals surface area contributed by atoms with Crippen molar-refractivity contribution >= 4 is 28.5 Å². The highest BCUT2D eigenvalue weighted by molar-refractivity contribution is 6.30. The molecular weight excluding hydrogens is 422 g/mol. The van der Waals surface area contributed by atoms with Gasteiger partial charge in [0.05, 0.1) is 24.0 Å². The number of benzene rings is 3. The van der Waals surface area contributed by atoms with E-state index in [1.807, 2.05) is 60.7 Å². The molecule has 0 unspecified atom stereocenters. The van der Waals surface area contributed by atoms with Crippen LogP contribution in [0.4, 0.5) is 0 Å². The predicted octanol–water partition coefficient (Wildman–Crippen LogP) is 5.06. The maximum atomic E-state index is 12.2. The Kier molecular flexibility index (Phi) is 7.41. The van der Waals surface area contributed by atoms with Crippen LogP contribution < -0.4 is 10.1 Å². The van der Waals surface area contributed by atoms with Gasteiger partial charge in [-0.05, 0) is 48.4 Å². The number of rotatable bonds is 10. The van der Waals surface area contributed by atoms with Crippen molar-refractivity contribution in [2.24, 2.45) is 0 Å². The molecule has 0 aliphatic rings. The van der Waals surface area contributed by atoms with Crippen LogP contribution in [0.2, 0.25) is 5.02 Å². The number of para-hydroxylation sites is 3. The number of hydrogen-bond acceptors (Lipinski definition) is 3. The Morgan fingerprint density at radius 1 is 0.969 bits per heavy atom. The van der Waals surface area contributed by atoms with E-state index < -0.39 is 0 Å². The van der Waals surface area contributed by atoms with Gasteiger partial charge in [-0.25, -0.2) is 4.98 Å². The number of halogens is 1. The van der Waals surface area contributed by atoms with Crippen molar-refractivity contribution in [1.29, 1.82) is 0 Å². The fourth-order valence-corrected chi connectivity index (χ4v) is 3.79. The van der Waals surface area contributed by atoms with E-state index in [1.165, 1.54) is 0 Å². The number of carbonyl (C=O) groups is 1. The number of carbonyl (C=O) groups excluding carboxylic acids is 1. The van der Waals surface area contributed by atoms with Crippen molar-refractivity contribution in [2.45, 2.75) is 25.8 Å². The van der Waals surface area contributed by atoms with Crippen LogP contribution in [0.1, 0.15) is 17.8 Å². The van der Waals surface area contributed by atoms with Gasteiger partial charge < -0.3 is 14.6 Å². The summed E-state index contributed by atoms with van der Waals surface area (Å²) in [6.07, 6.45) is 1.95. The first-order valence-electron chi connectivity index (χ1n) is 10.8. The molecule has 0 aliphatic carbocycles. The molecule has 0 atom stereocenters. The van der Waals surface area contributed by atoms with Gasteiger partial charge in [0.15, 0.2) is 0 Å². The van der Waals surface area contributed by atoms with E-state index in [-0.39, 0.29) is 5.91 Å². The zero-order valence-electron chi connectivity index (χ0n) is 17.8. The number of ether oxygens (including phenoxy) is 1. The molecule has 4 aromatic rings. The van der Waals surface area contributed by atoms with Crippen LogP contribution in [0.25, 0.3) is 11.0 Å². The van der Waals surface area contributed by atoms with E-state index in [0.29, 0.717) is 31.1 Å². The van der Waals surface area contributed by atoms with E-state index in [9.17, 15) is 4.79 Å². The molecule has 0 fully saturated rings. The van der Waals surface area contributed by atoms with Crippen molar-refractivity contribution in [1.82, 2.24) is 14.9 Å². The van der Waals surface area contributed by atoms with E-state index in [0.717, 1.165) is 41.0 Å². The summed E-state index contributed by atoms with van der Waals surface area (Å²) >= 11 is 5.90. The highest BCUT2D eigenvalue weighted by atomic mass is 35.5. The molecule has 5 nitrogen and oxygen atoms in total. The summed E-state index contributed by atoms with van der Waals surface area (Å²) in [6, 6.07) is 25.3. The second-order valence-corrected chi connectivity index (χ2v) is 8.02. The Morgan fingerprint density at radius 2 is 1.72 bits per heavy atom. The smallest absolute Gasteiger partial charge is 0.224 e. The second kappa shape index (κ2) is 10.8. The summed E-state index contributed by atoms with van der Waals surface area (Å²) in [6.45, 7) is 1.89. The number of aryl methyl sites for hydroxylation is 1. The topological polar surface area (TPSA) is 56.2 Å². The largest absolute Gasteiger partial charge is 0.492 e. The zero-order chi connectivity index (χ0) is 22.2. The van der Waals surface area contributed by atoms with Crippen LogP contribution in [0.5, 0.6) is 5.75 Å². The van der Waals surface area contributed by atoms with Gasteiger partial charge in [0, 0.05) is 18.0 Å². The minimum atomic E-state index is 0.0112. The molecule has 4 rings (SSSR count). The Labute approximate surface area is 193 Å². The predicted molar refractivity (Wildman–Crippen MR) is 128 cm³/mol. The van der Waals surface area contributed by atoms with Gasteiger partial charge in [0.1, 0.15) is 18.2 Å². The molecular formula is C26H26ClN3O2. The van der Waals surface area contributed by atoms with Crippen molar-refractivity contribution in [3.05, 3.63) is 95.3 Å². The lowest BCUT2D eigenvalue weighted by Gasteiger charge is -2.11. The maximum Gasteiger partial charge on any atom is 0.224 e. The second-order valence-electron chi connectivity index (χ2n) is 7.59. The third-order valence-electron chi connectivity index (χ3n) is 5.24. The Morgan fingerprint density at radius 3 is 2.53 bits per heavy atom. The molecule has 0 spiro atoms. The Balaban J connectivity index is 1.31. The highest BCUT2D eigenvalue weighted by Crippen LogP contribution is 2.18. The van der Waals surface area contributed by atoms with Crippen LogP contribution in [0, 0.1) is 0 Å². The molecule has 1 aromatic heterocycles. The lowest BCUT2D eigenvalue weighted by atomic mass is 10.1. The molecule has 6 heteroatoms. The first-order valence-corrected chi connectivity index (χ1v) is 11.2. The first kappa shape index (κ1) is 21.9. The van der Waals surface area contributed by atoms with Gasteiger partial charge in [-0.15, -0.1) is 0 Å². The first-order chi connectivity index (χ1) is 15.7. The van der Waals surface area contributed by atoms with Crippen molar-refractivity contribution in [2.75, 3.05) is 13.2 Å². The summed E-state index contributed by atoms with van der Waals surface area (Å²) in [5.41, 5.74) is 3.03. The fraction of sp³-hybridized carbons (Fsp3) is 0.231. The lowest BCUT2D eigenvalue weighted by Crippen LogP contribution is -2.26.